The van der Waals surface area contributed by atoms with Crippen LogP contribution in [0.5, 0.6) is 11.5 Å². The summed E-state index contributed by atoms with van der Waals surface area (Å²) in [5, 5.41) is 0. The first kappa shape index (κ1) is 15.4. The van der Waals surface area contributed by atoms with Gasteiger partial charge in [0.05, 0.1) is 10.6 Å². The Morgan fingerprint density at radius 3 is 2.33 bits per heavy atom. The fourth-order valence-corrected chi connectivity index (χ4v) is 2.90. The minimum absolute atomic E-state index is 0.0857. The largest absolute Gasteiger partial charge is 0.455 e. The summed E-state index contributed by atoms with van der Waals surface area (Å²) in [6, 6.07) is 12.5. The second-order valence-corrected chi connectivity index (χ2v) is 6.92. The summed E-state index contributed by atoms with van der Waals surface area (Å²) < 4.78 is 29.0. The zero-order valence-corrected chi connectivity index (χ0v) is 13.0. The molecular formula is C16H19NO3S. The van der Waals surface area contributed by atoms with E-state index in [1.807, 2.05) is 24.3 Å². The molecule has 0 saturated heterocycles. The van der Waals surface area contributed by atoms with Crippen LogP contribution < -0.4 is 10.5 Å². The summed E-state index contributed by atoms with van der Waals surface area (Å²) >= 11 is 0. The number of sulfone groups is 1. The van der Waals surface area contributed by atoms with Gasteiger partial charge in [0.2, 0.25) is 0 Å². The molecule has 0 spiro atoms. The van der Waals surface area contributed by atoms with Crippen molar-refractivity contribution in [2.75, 3.05) is 12.0 Å². The molecule has 0 aromatic heterocycles. The van der Waals surface area contributed by atoms with Gasteiger partial charge in [0.1, 0.15) is 5.75 Å². The zero-order chi connectivity index (χ0) is 15.5. The Balaban J connectivity index is 2.28. The lowest BCUT2D eigenvalue weighted by Crippen LogP contribution is -2.03. The molecule has 0 unspecified atom stereocenters. The molecule has 0 radical (unpaired) electrons. The number of hydrogen-bond acceptors (Lipinski definition) is 4. The summed E-state index contributed by atoms with van der Waals surface area (Å²) in [6.07, 6.45) is 3.23. The van der Waals surface area contributed by atoms with Crippen LogP contribution in [0, 0.1) is 0 Å². The Bertz CT molecular complexity index is 722. The standard InChI is InChI=1S/C16H19NO3S/c1-3-5-12-8-10-13(11-9-12)20-14-6-4-7-15(16(14)17)21(2,18)19/h4,6-11H,3,5,17H2,1-2H3. The number of aryl methyl sites for hydroxylation is 1. The highest BCUT2D eigenvalue weighted by Gasteiger charge is 2.15. The van der Waals surface area contributed by atoms with E-state index >= 15 is 0 Å². The molecular weight excluding hydrogens is 286 g/mol. The Morgan fingerprint density at radius 2 is 1.76 bits per heavy atom. The molecule has 2 aromatic rings. The quantitative estimate of drug-likeness (QED) is 0.859. The molecule has 5 heteroatoms. The molecule has 112 valence electrons. The SMILES string of the molecule is CCCc1ccc(Oc2cccc(S(C)(=O)=O)c2N)cc1. The number of benzene rings is 2. The number of ether oxygens (including phenoxy) is 1. The van der Waals surface area contributed by atoms with Crippen molar-refractivity contribution >= 4 is 15.5 Å². The monoisotopic (exact) mass is 305 g/mol. The van der Waals surface area contributed by atoms with Gasteiger partial charge >= 0.3 is 0 Å². The van der Waals surface area contributed by atoms with Crippen LogP contribution in [0.1, 0.15) is 18.9 Å². The number of rotatable bonds is 5. The number of nitrogen functional groups attached to an aromatic ring is 1. The fourth-order valence-electron chi connectivity index (χ4n) is 2.08. The molecule has 0 bridgehead atoms. The fraction of sp³-hybridized carbons (Fsp3) is 0.250. The van der Waals surface area contributed by atoms with Gasteiger partial charge in [-0.25, -0.2) is 8.42 Å². The normalized spacial score (nSPS) is 11.3. The number of anilines is 1. The van der Waals surface area contributed by atoms with Crippen molar-refractivity contribution in [3.8, 4) is 11.5 Å². The van der Waals surface area contributed by atoms with Crippen molar-refractivity contribution in [1.82, 2.24) is 0 Å². The van der Waals surface area contributed by atoms with Crippen molar-refractivity contribution in [2.45, 2.75) is 24.7 Å². The Labute approximate surface area is 125 Å². The van der Waals surface area contributed by atoms with Gasteiger partial charge in [0, 0.05) is 6.26 Å². The van der Waals surface area contributed by atoms with Crippen LogP contribution >= 0.6 is 0 Å². The van der Waals surface area contributed by atoms with Crippen LogP contribution in [0.3, 0.4) is 0 Å². The zero-order valence-electron chi connectivity index (χ0n) is 12.2. The van der Waals surface area contributed by atoms with Crippen LogP contribution in [-0.4, -0.2) is 14.7 Å². The third-order valence-corrected chi connectivity index (χ3v) is 4.27. The van der Waals surface area contributed by atoms with Crippen LogP contribution in [0.2, 0.25) is 0 Å². The van der Waals surface area contributed by atoms with E-state index in [2.05, 4.69) is 6.92 Å². The van der Waals surface area contributed by atoms with E-state index in [0.717, 1.165) is 19.1 Å². The topological polar surface area (TPSA) is 69.4 Å². The molecule has 2 N–H and O–H groups in total. The van der Waals surface area contributed by atoms with Gasteiger partial charge in [0.25, 0.3) is 0 Å². The van der Waals surface area contributed by atoms with Gasteiger partial charge in [-0.15, -0.1) is 0 Å². The molecule has 0 aliphatic carbocycles. The van der Waals surface area contributed by atoms with E-state index in [4.69, 9.17) is 10.5 Å². The Kier molecular flexibility index (Phi) is 4.53. The average molecular weight is 305 g/mol. The molecule has 0 aliphatic rings. The summed E-state index contributed by atoms with van der Waals surface area (Å²) in [4.78, 5) is 0.0857. The molecule has 4 nitrogen and oxygen atoms in total. The van der Waals surface area contributed by atoms with E-state index in [1.54, 1.807) is 12.1 Å². The number of hydrogen-bond donors (Lipinski definition) is 1. The molecule has 0 aliphatic heterocycles. The van der Waals surface area contributed by atoms with E-state index in [0.29, 0.717) is 11.5 Å². The van der Waals surface area contributed by atoms with Gasteiger partial charge in [0.15, 0.2) is 15.6 Å². The van der Waals surface area contributed by atoms with Gasteiger partial charge < -0.3 is 10.5 Å². The lowest BCUT2D eigenvalue weighted by Gasteiger charge is -2.11. The van der Waals surface area contributed by atoms with Crippen molar-refractivity contribution < 1.29 is 13.2 Å². The van der Waals surface area contributed by atoms with Crippen LogP contribution in [0.15, 0.2) is 47.4 Å². The molecule has 0 saturated carbocycles. The maximum absolute atomic E-state index is 11.6. The molecule has 0 amide bonds. The van der Waals surface area contributed by atoms with Crippen molar-refractivity contribution in [3.63, 3.8) is 0 Å². The van der Waals surface area contributed by atoms with Crippen molar-refractivity contribution in [1.29, 1.82) is 0 Å². The van der Waals surface area contributed by atoms with E-state index in [1.165, 1.54) is 11.6 Å². The Hall–Kier alpha value is -2.01. The van der Waals surface area contributed by atoms with E-state index in [-0.39, 0.29) is 10.6 Å². The van der Waals surface area contributed by atoms with Crippen LogP contribution in [0.25, 0.3) is 0 Å². The highest BCUT2D eigenvalue weighted by Crippen LogP contribution is 2.32. The van der Waals surface area contributed by atoms with Gasteiger partial charge in [-0.05, 0) is 36.2 Å². The second-order valence-electron chi connectivity index (χ2n) is 4.94. The van der Waals surface area contributed by atoms with Crippen molar-refractivity contribution in [2.24, 2.45) is 0 Å². The molecule has 0 atom stereocenters. The molecule has 0 fully saturated rings. The third-order valence-electron chi connectivity index (χ3n) is 3.12. The average Bonchev–Trinajstić information content (AvgIpc) is 2.42. The maximum Gasteiger partial charge on any atom is 0.177 e. The summed E-state index contributed by atoms with van der Waals surface area (Å²) in [5.41, 5.74) is 7.27. The first-order chi connectivity index (χ1) is 9.91. The highest BCUT2D eigenvalue weighted by atomic mass is 32.2. The molecule has 2 aromatic carbocycles. The Morgan fingerprint density at radius 1 is 1.10 bits per heavy atom. The summed E-state index contributed by atoms with van der Waals surface area (Å²) in [7, 11) is -3.37. The van der Waals surface area contributed by atoms with Gasteiger partial charge in [-0.3, -0.25) is 0 Å². The first-order valence-corrected chi connectivity index (χ1v) is 8.66. The smallest absolute Gasteiger partial charge is 0.177 e. The lowest BCUT2D eigenvalue weighted by atomic mass is 10.1. The maximum atomic E-state index is 11.6. The van der Waals surface area contributed by atoms with Gasteiger partial charge in [-0.1, -0.05) is 31.5 Å². The minimum atomic E-state index is -3.37. The highest BCUT2D eigenvalue weighted by molar-refractivity contribution is 7.90. The van der Waals surface area contributed by atoms with E-state index < -0.39 is 9.84 Å². The molecule has 21 heavy (non-hydrogen) atoms. The van der Waals surface area contributed by atoms with Crippen LogP contribution in [0.4, 0.5) is 5.69 Å². The first-order valence-electron chi connectivity index (χ1n) is 6.77. The second kappa shape index (κ2) is 6.18. The van der Waals surface area contributed by atoms with E-state index in [9.17, 15) is 8.42 Å². The number of para-hydroxylation sites is 1. The molecule has 2 rings (SSSR count). The predicted molar refractivity (Wildman–Crippen MR) is 84.5 cm³/mol. The molecule has 0 heterocycles. The minimum Gasteiger partial charge on any atom is -0.455 e. The van der Waals surface area contributed by atoms with Crippen LogP contribution in [-0.2, 0) is 16.3 Å². The third kappa shape index (κ3) is 3.76. The van der Waals surface area contributed by atoms with Crippen molar-refractivity contribution in [3.05, 3.63) is 48.0 Å². The van der Waals surface area contributed by atoms with Gasteiger partial charge in [-0.2, -0.15) is 0 Å². The summed E-state index contributed by atoms with van der Waals surface area (Å²) in [5.74, 6) is 0.980. The lowest BCUT2D eigenvalue weighted by molar-refractivity contribution is 0.483. The number of nitrogens with two attached hydrogens (primary N) is 1. The summed E-state index contributed by atoms with van der Waals surface area (Å²) in [6.45, 7) is 2.13. The predicted octanol–water partition coefficient (Wildman–Crippen LogP) is 3.42.